The average Bonchev–Trinajstić information content (AvgIpc) is 2.59. The van der Waals surface area contributed by atoms with Crippen molar-refractivity contribution in [2.24, 2.45) is 0 Å². The Hall–Kier alpha value is -1.17. The average molecular weight is 356 g/mol. The molecule has 6 heteroatoms. The summed E-state index contributed by atoms with van der Waals surface area (Å²) in [5.41, 5.74) is -0.00693. The smallest absolute Gasteiger partial charge is 0.227 e. The SMILES string of the molecule is COC1CCCOC12CCN(C(=O)Cc1c(F)cccc1Cl)CC2. The summed E-state index contributed by atoms with van der Waals surface area (Å²) in [5, 5.41) is 0.298. The van der Waals surface area contributed by atoms with Crippen LogP contribution < -0.4 is 0 Å². The van der Waals surface area contributed by atoms with E-state index in [1.54, 1.807) is 24.1 Å². The third kappa shape index (κ3) is 3.44. The highest BCUT2D eigenvalue weighted by Crippen LogP contribution is 2.37. The molecule has 1 spiro atoms. The summed E-state index contributed by atoms with van der Waals surface area (Å²) in [4.78, 5) is 14.3. The fourth-order valence-electron chi connectivity index (χ4n) is 3.80. The number of nitrogens with zero attached hydrogens (tertiary/aromatic N) is 1. The lowest BCUT2D eigenvalue weighted by Crippen LogP contribution is -2.56. The molecule has 1 amide bonds. The molecule has 0 aliphatic carbocycles. The van der Waals surface area contributed by atoms with Gasteiger partial charge in [0.1, 0.15) is 5.82 Å². The Bertz CT molecular complexity index is 582. The first-order chi connectivity index (χ1) is 11.6. The normalized spacial score (nSPS) is 23.5. The molecule has 2 saturated heterocycles. The van der Waals surface area contributed by atoms with E-state index in [0.29, 0.717) is 18.1 Å². The molecular formula is C18H23ClFNO3. The number of carbonyl (C=O) groups is 1. The van der Waals surface area contributed by atoms with Gasteiger partial charge in [-0.3, -0.25) is 4.79 Å². The molecule has 1 unspecified atom stereocenters. The standard InChI is InChI=1S/C18H23ClFNO3/c1-23-16-6-3-11-24-18(16)7-9-21(10-8-18)17(22)12-13-14(19)4-2-5-15(13)20/h2,4-5,16H,3,6-12H2,1H3. The third-order valence-electron chi connectivity index (χ3n) is 5.22. The third-order valence-corrected chi connectivity index (χ3v) is 5.58. The molecule has 2 fully saturated rings. The Balaban J connectivity index is 1.63. The Kier molecular flexibility index (Phi) is 5.42. The van der Waals surface area contributed by atoms with Crippen molar-refractivity contribution in [3.8, 4) is 0 Å². The van der Waals surface area contributed by atoms with Gasteiger partial charge in [0.15, 0.2) is 0 Å². The van der Waals surface area contributed by atoms with Gasteiger partial charge < -0.3 is 14.4 Å². The lowest BCUT2D eigenvalue weighted by molar-refractivity contribution is -0.188. The molecule has 0 radical (unpaired) electrons. The molecule has 0 bridgehead atoms. The van der Waals surface area contributed by atoms with Crippen LogP contribution in [0.4, 0.5) is 4.39 Å². The maximum atomic E-state index is 13.9. The highest BCUT2D eigenvalue weighted by molar-refractivity contribution is 6.31. The minimum atomic E-state index is -0.431. The van der Waals surface area contributed by atoms with E-state index in [-0.39, 0.29) is 29.6 Å². The topological polar surface area (TPSA) is 38.8 Å². The summed E-state index contributed by atoms with van der Waals surface area (Å²) < 4.78 is 25.5. The number of likely N-dealkylation sites (tertiary alicyclic amines) is 1. The van der Waals surface area contributed by atoms with Crippen LogP contribution in [0.15, 0.2) is 18.2 Å². The summed E-state index contributed by atoms with van der Waals surface area (Å²) in [6.45, 7) is 1.95. The lowest BCUT2D eigenvalue weighted by Gasteiger charge is -2.48. The molecule has 132 valence electrons. The molecule has 24 heavy (non-hydrogen) atoms. The predicted octanol–water partition coefficient (Wildman–Crippen LogP) is 3.21. The highest BCUT2D eigenvalue weighted by Gasteiger charge is 2.45. The molecule has 1 aromatic carbocycles. The van der Waals surface area contributed by atoms with Crippen molar-refractivity contribution in [3.05, 3.63) is 34.6 Å². The van der Waals surface area contributed by atoms with Crippen molar-refractivity contribution in [2.75, 3.05) is 26.8 Å². The predicted molar refractivity (Wildman–Crippen MR) is 89.6 cm³/mol. The van der Waals surface area contributed by atoms with Gasteiger partial charge in [-0.1, -0.05) is 17.7 Å². The van der Waals surface area contributed by atoms with E-state index in [1.807, 2.05) is 0 Å². The molecule has 1 atom stereocenters. The van der Waals surface area contributed by atoms with Crippen LogP contribution in [0, 0.1) is 5.82 Å². The monoisotopic (exact) mass is 355 g/mol. The van der Waals surface area contributed by atoms with Crippen molar-refractivity contribution >= 4 is 17.5 Å². The Morgan fingerprint density at radius 2 is 2.21 bits per heavy atom. The quantitative estimate of drug-likeness (QED) is 0.835. The summed E-state index contributed by atoms with van der Waals surface area (Å²) in [7, 11) is 1.72. The summed E-state index contributed by atoms with van der Waals surface area (Å²) in [6.07, 6.45) is 3.59. The van der Waals surface area contributed by atoms with Crippen molar-refractivity contribution in [1.29, 1.82) is 0 Å². The Morgan fingerprint density at radius 3 is 2.88 bits per heavy atom. The van der Waals surface area contributed by atoms with Crippen LogP contribution in [0.25, 0.3) is 0 Å². The lowest BCUT2D eigenvalue weighted by atomic mass is 9.81. The zero-order chi connectivity index (χ0) is 17.2. The van der Waals surface area contributed by atoms with E-state index in [4.69, 9.17) is 21.1 Å². The van der Waals surface area contributed by atoms with Crippen LogP contribution in [0.2, 0.25) is 5.02 Å². The molecule has 3 rings (SSSR count). The second-order valence-corrected chi connectivity index (χ2v) is 6.94. The first-order valence-corrected chi connectivity index (χ1v) is 8.81. The van der Waals surface area contributed by atoms with Crippen LogP contribution in [0.1, 0.15) is 31.2 Å². The molecule has 1 aromatic rings. The number of amides is 1. The van der Waals surface area contributed by atoms with Gasteiger partial charge in [0.2, 0.25) is 5.91 Å². The minimum absolute atomic E-state index is 0.00687. The number of hydrogen-bond acceptors (Lipinski definition) is 3. The van der Waals surface area contributed by atoms with Crippen molar-refractivity contribution in [1.82, 2.24) is 4.90 Å². The van der Waals surface area contributed by atoms with E-state index in [2.05, 4.69) is 0 Å². The van der Waals surface area contributed by atoms with E-state index in [9.17, 15) is 9.18 Å². The van der Waals surface area contributed by atoms with Gasteiger partial charge in [0.25, 0.3) is 0 Å². The fraction of sp³-hybridized carbons (Fsp3) is 0.611. The molecular weight excluding hydrogens is 333 g/mol. The maximum absolute atomic E-state index is 13.9. The van der Waals surface area contributed by atoms with Crippen LogP contribution in [-0.4, -0.2) is 49.3 Å². The second kappa shape index (κ2) is 7.38. The maximum Gasteiger partial charge on any atom is 0.227 e. The summed E-state index contributed by atoms with van der Waals surface area (Å²) in [5.74, 6) is -0.527. The molecule has 0 aromatic heterocycles. The largest absolute Gasteiger partial charge is 0.378 e. The molecule has 0 N–H and O–H groups in total. The highest BCUT2D eigenvalue weighted by atomic mass is 35.5. The first-order valence-electron chi connectivity index (χ1n) is 8.43. The fourth-order valence-corrected chi connectivity index (χ4v) is 4.03. The van der Waals surface area contributed by atoms with Crippen molar-refractivity contribution in [2.45, 2.75) is 43.8 Å². The molecule has 2 heterocycles. The van der Waals surface area contributed by atoms with E-state index < -0.39 is 5.82 Å². The van der Waals surface area contributed by atoms with Crippen molar-refractivity contribution < 1.29 is 18.7 Å². The van der Waals surface area contributed by atoms with Gasteiger partial charge in [-0.2, -0.15) is 0 Å². The number of halogens is 2. The first kappa shape index (κ1) is 17.6. The van der Waals surface area contributed by atoms with Crippen LogP contribution in [0.5, 0.6) is 0 Å². The van der Waals surface area contributed by atoms with Gasteiger partial charge in [0, 0.05) is 37.4 Å². The van der Waals surface area contributed by atoms with Gasteiger partial charge in [-0.05, 0) is 37.8 Å². The zero-order valence-corrected chi connectivity index (χ0v) is 14.7. The van der Waals surface area contributed by atoms with Crippen molar-refractivity contribution in [3.63, 3.8) is 0 Å². The van der Waals surface area contributed by atoms with Crippen LogP contribution in [0.3, 0.4) is 0 Å². The summed E-state index contributed by atoms with van der Waals surface area (Å²) >= 11 is 6.02. The van der Waals surface area contributed by atoms with E-state index in [1.165, 1.54) is 6.07 Å². The Morgan fingerprint density at radius 1 is 1.46 bits per heavy atom. The number of hydrogen-bond donors (Lipinski definition) is 0. The van der Waals surface area contributed by atoms with Gasteiger partial charge in [0.05, 0.1) is 18.1 Å². The van der Waals surface area contributed by atoms with Gasteiger partial charge in [-0.25, -0.2) is 4.39 Å². The molecule has 2 aliphatic rings. The molecule has 0 saturated carbocycles. The molecule has 4 nitrogen and oxygen atoms in total. The number of ether oxygens (including phenoxy) is 2. The van der Waals surface area contributed by atoms with Gasteiger partial charge in [-0.15, -0.1) is 0 Å². The molecule has 2 aliphatic heterocycles. The number of rotatable bonds is 3. The van der Waals surface area contributed by atoms with E-state index >= 15 is 0 Å². The van der Waals surface area contributed by atoms with Crippen LogP contribution in [-0.2, 0) is 20.7 Å². The number of benzene rings is 1. The van der Waals surface area contributed by atoms with Crippen LogP contribution >= 0.6 is 11.6 Å². The Labute approximate surface area is 146 Å². The number of piperidine rings is 1. The van der Waals surface area contributed by atoms with E-state index in [0.717, 1.165) is 32.3 Å². The number of carbonyl (C=O) groups excluding carboxylic acids is 1. The number of methoxy groups -OCH3 is 1. The summed E-state index contributed by atoms with van der Waals surface area (Å²) in [6, 6.07) is 4.48. The zero-order valence-electron chi connectivity index (χ0n) is 13.9. The minimum Gasteiger partial charge on any atom is -0.378 e. The second-order valence-electron chi connectivity index (χ2n) is 6.54. The van der Waals surface area contributed by atoms with Gasteiger partial charge >= 0.3 is 0 Å².